The van der Waals surface area contributed by atoms with Crippen LogP contribution in [-0.4, -0.2) is 36.3 Å². The number of anilines is 1. The highest BCUT2D eigenvalue weighted by Crippen LogP contribution is 2.30. The molecule has 24 heavy (non-hydrogen) atoms. The average molecular weight is 326 g/mol. The molecule has 0 bridgehead atoms. The van der Waals surface area contributed by atoms with Crippen LogP contribution in [0.1, 0.15) is 48.5 Å². The summed E-state index contributed by atoms with van der Waals surface area (Å²) in [5.74, 6) is 0.706. The molecule has 2 amide bonds. The van der Waals surface area contributed by atoms with Crippen molar-refractivity contribution in [1.29, 1.82) is 0 Å². The maximum atomic E-state index is 12.8. The number of carbonyl (C=O) groups is 2. The molecule has 0 saturated carbocycles. The highest BCUT2D eigenvalue weighted by molar-refractivity contribution is 6.02. The van der Waals surface area contributed by atoms with E-state index in [4.69, 9.17) is 0 Å². The molecule has 0 N–H and O–H groups in total. The van der Waals surface area contributed by atoms with Crippen molar-refractivity contribution in [3.8, 4) is 0 Å². The Morgan fingerprint density at radius 3 is 2.92 bits per heavy atom. The Morgan fingerprint density at radius 1 is 1.33 bits per heavy atom. The Labute approximate surface area is 144 Å². The lowest BCUT2D eigenvalue weighted by molar-refractivity contribution is -0.114. The minimum Gasteiger partial charge on any atom is -0.338 e. The first-order valence-corrected chi connectivity index (χ1v) is 9.00. The Balaban J connectivity index is 1.77. The largest absolute Gasteiger partial charge is 0.338 e. The minimum absolute atomic E-state index is 0.0722. The average Bonchev–Trinajstić information content (AvgIpc) is 3.08. The molecule has 0 spiro atoms. The van der Waals surface area contributed by atoms with E-state index in [-0.39, 0.29) is 11.8 Å². The molecule has 4 heteroatoms. The zero-order valence-corrected chi connectivity index (χ0v) is 14.5. The van der Waals surface area contributed by atoms with Crippen LogP contribution < -0.4 is 4.90 Å². The molecule has 4 nitrogen and oxygen atoms in total. The zero-order chi connectivity index (χ0) is 17.1. The molecule has 128 valence electrons. The van der Waals surface area contributed by atoms with E-state index >= 15 is 0 Å². The van der Waals surface area contributed by atoms with Gasteiger partial charge in [-0.3, -0.25) is 9.59 Å². The Kier molecular flexibility index (Phi) is 5.03. The van der Waals surface area contributed by atoms with E-state index in [0.717, 1.165) is 55.7 Å². The van der Waals surface area contributed by atoms with Gasteiger partial charge in [-0.1, -0.05) is 19.9 Å². The second-order valence-electron chi connectivity index (χ2n) is 6.84. The number of amides is 2. The number of fused-ring (bicyclic) bond motifs is 1. The van der Waals surface area contributed by atoms with Crippen molar-refractivity contribution < 1.29 is 9.59 Å². The van der Waals surface area contributed by atoms with Crippen LogP contribution in [0.15, 0.2) is 30.9 Å². The van der Waals surface area contributed by atoms with Crippen LogP contribution in [-0.2, 0) is 11.2 Å². The molecule has 1 atom stereocenters. The molecule has 0 radical (unpaired) electrons. The van der Waals surface area contributed by atoms with Crippen molar-refractivity contribution in [1.82, 2.24) is 4.90 Å². The lowest BCUT2D eigenvalue weighted by Crippen LogP contribution is -2.34. The van der Waals surface area contributed by atoms with Gasteiger partial charge in [0, 0.05) is 30.9 Å². The number of rotatable bonds is 4. The van der Waals surface area contributed by atoms with E-state index in [1.54, 1.807) is 4.90 Å². The van der Waals surface area contributed by atoms with Gasteiger partial charge in [-0.05, 0) is 61.4 Å². The van der Waals surface area contributed by atoms with Crippen molar-refractivity contribution in [2.45, 2.75) is 39.0 Å². The summed E-state index contributed by atoms with van der Waals surface area (Å²) in [6.45, 7) is 8.24. The first-order valence-electron chi connectivity index (χ1n) is 9.00. The van der Waals surface area contributed by atoms with Crippen LogP contribution in [0.2, 0.25) is 0 Å². The van der Waals surface area contributed by atoms with Crippen LogP contribution in [0.25, 0.3) is 0 Å². The smallest absolute Gasteiger partial charge is 0.253 e. The highest BCUT2D eigenvalue weighted by Gasteiger charge is 2.28. The van der Waals surface area contributed by atoms with Crippen LogP contribution in [0.5, 0.6) is 0 Å². The number of hydrogen-bond acceptors (Lipinski definition) is 2. The molecule has 1 unspecified atom stereocenters. The molecule has 2 aliphatic rings. The third-order valence-electron chi connectivity index (χ3n) is 5.16. The number of hydrogen-bond donors (Lipinski definition) is 0. The van der Waals surface area contributed by atoms with E-state index in [1.165, 1.54) is 18.9 Å². The van der Waals surface area contributed by atoms with Crippen molar-refractivity contribution >= 4 is 17.5 Å². The van der Waals surface area contributed by atoms with Gasteiger partial charge in [0.15, 0.2) is 0 Å². The maximum Gasteiger partial charge on any atom is 0.253 e. The fourth-order valence-corrected chi connectivity index (χ4v) is 3.91. The molecule has 0 aliphatic carbocycles. The number of carbonyl (C=O) groups excluding carboxylic acids is 2. The molecule has 2 aliphatic heterocycles. The van der Waals surface area contributed by atoms with Gasteiger partial charge in [0.25, 0.3) is 5.91 Å². The number of likely N-dealkylation sites (tertiary alicyclic amines) is 1. The van der Waals surface area contributed by atoms with E-state index in [1.807, 2.05) is 23.1 Å². The molecular formula is C20H26N2O2. The summed E-state index contributed by atoms with van der Waals surface area (Å²) in [5, 5.41) is 0. The molecule has 3 rings (SSSR count). The zero-order valence-electron chi connectivity index (χ0n) is 14.5. The van der Waals surface area contributed by atoms with Crippen LogP contribution >= 0.6 is 0 Å². The monoisotopic (exact) mass is 326 g/mol. The van der Waals surface area contributed by atoms with Gasteiger partial charge in [0.2, 0.25) is 5.91 Å². The SMILES string of the molecule is C=CC(=O)N1CCCc2cc(C(=O)N3CCC(CCC)C3)ccc21. The summed E-state index contributed by atoms with van der Waals surface area (Å²) < 4.78 is 0. The predicted molar refractivity (Wildman–Crippen MR) is 96.2 cm³/mol. The lowest BCUT2D eigenvalue weighted by Gasteiger charge is -2.29. The van der Waals surface area contributed by atoms with Gasteiger partial charge < -0.3 is 9.80 Å². The van der Waals surface area contributed by atoms with E-state index in [2.05, 4.69) is 13.5 Å². The van der Waals surface area contributed by atoms with Crippen molar-refractivity contribution in [2.24, 2.45) is 5.92 Å². The fourth-order valence-electron chi connectivity index (χ4n) is 3.91. The van der Waals surface area contributed by atoms with Crippen molar-refractivity contribution in [2.75, 3.05) is 24.5 Å². The summed E-state index contributed by atoms with van der Waals surface area (Å²) in [6, 6.07) is 5.76. The third kappa shape index (κ3) is 3.23. The molecule has 0 aromatic heterocycles. The summed E-state index contributed by atoms with van der Waals surface area (Å²) in [7, 11) is 0. The molecule has 2 heterocycles. The third-order valence-corrected chi connectivity index (χ3v) is 5.16. The number of aryl methyl sites for hydroxylation is 1. The second kappa shape index (κ2) is 7.20. The normalized spacial score (nSPS) is 20.0. The molecular weight excluding hydrogens is 300 g/mol. The van der Waals surface area contributed by atoms with Gasteiger partial charge >= 0.3 is 0 Å². The van der Waals surface area contributed by atoms with Crippen LogP contribution in [0, 0.1) is 5.92 Å². The number of benzene rings is 1. The summed E-state index contributed by atoms with van der Waals surface area (Å²) in [5.41, 5.74) is 2.76. The van der Waals surface area contributed by atoms with Crippen LogP contribution in [0.4, 0.5) is 5.69 Å². The first kappa shape index (κ1) is 16.7. The fraction of sp³-hybridized carbons (Fsp3) is 0.500. The quantitative estimate of drug-likeness (QED) is 0.796. The minimum atomic E-state index is -0.0722. The summed E-state index contributed by atoms with van der Waals surface area (Å²) in [6.07, 6.45) is 6.69. The standard InChI is InChI=1S/C20H26N2O2/c1-3-6-15-10-12-21(14-15)20(24)17-8-9-18-16(13-17)7-5-11-22(18)19(23)4-2/h4,8-9,13,15H,2-3,5-7,10-12,14H2,1H3. The lowest BCUT2D eigenvalue weighted by atomic mass is 9.98. The van der Waals surface area contributed by atoms with E-state index in [9.17, 15) is 9.59 Å². The van der Waals surface area contributed by atoms with Gasteiger partial charge in [-0.25, -0.2) is 0 Å². The van der Waals surface area contributed by atoms with Crippen LogP contribution in [0.3, 0.4) is 0 Å². The highest BCUT2D eigenvalue weighted by atomic mass is 16.2. The van der Waals surface area contributed by atoms with Gasteiger partial charge in [0.05, 0.1) is 0 Å². The summed E-state index contributed by atoms with van der Waals surface area (Å²) in [4.78, 5) is 28.5. The Bertz CT molecular complexity index is 653. The molecule has 1 aromatic rings. The molecule has 1 saturated heterocycles. The first-order chi connectivity index (χ1) is 11.6. The van der Waals surface area contributed by atoms with Crippen molar-refractivity contribution in [3.05, 3.63) is 42.0 Å². The van der Waals surface area contributed by atoms with E-state index in [0.29, 0.717) is 5.92 Å². The Morgan fingerprint density at radius 2 is 2.17 bits per heavy atom. The summed E-state index contributed by atoms with van der Waals surface area (Å²) >= 11 is 0. The molecule has 1 aromatic carbocycles. The topological polar surface area (TPSA) is 40.6 Å². The van der Waals surface area contributed by atoms with Gasteiger partial charge in [-0.15, -0.1) is 0 Å². The Hall–Kier alpha value is -2.10. The van der Waals surface area contributed by atoms with E-state index < -0.39 is 0 Å². The second-order valence-corrected chi connectivity index (χ2v) is 6.84. The molecule has 1 fully saturated rings. The van der Waals surface area contributed by atoms with Gasteiger partial charge in [0.1, 0.15) is 0 Å². The maximum absolute atomic E-state index is 12.8. The predicted octanol–water partition coefficient (Wildman–Crippen LogP) is 3.41. The van der Waals surface area contributed by atoms with Crippen molar-refractivity contribution in [3.63, 3.8) is 0 Å². The van der Waals surface area contributed by atoms with Gasteiger partial charge in [-0.2, -0.15) is 0 Å². The number of nitrogens with zero attached hydrogens (tertiary/aromatic N) is 2.